The Morgan fingerprint density at radius 3 is 2.57 bits per heavy atom. The first-order valence-corrected chi connectivity index (χ1v) is 10.8. The van der Waals surface area contributed by atoms with Crippen molar-refractivity contribution in [3.63, 3.8) is 0 Å². The van der Waals surface area contributed by atoms with E-state index in [1.807, 2.05) is 24.3 Å². The molecule has 0 bridgehead atoms. The zero-order valence-corrected chi connectivity index (χ0v) is 18.7. The van der Waals surface area contributed by atoms with Gasteiger partial charge in [-0.3, -0.25) is 4.99 Å². The molecule has 3 rings (SSSR count). The Morgan fingerprint density at radius 2 is 1.80 bits per heavy atom. The second-order valence-electron chi connectivity index (χ2n) is 6.88. The molecule has 30 heavy (non-hydrogen) atoms. The average molecular weight is 487 g/mol. The number of hydrogen-bond acceptors (Lipinski definition) is 5. The predicted octanol–water partition coefficient (Wildman–Crippen LogP) is 5.52. The lowest BCUT2D eigenvalue weighted by atomic mass is 9.96. The van der Waals surface area contributed by atoms with E-state index < -0.39 is 23.4 Å². The van der Waals surface area contributed by atoms with Crippen molar-refractivity contribution in [3.05, 3.63) is 79.7 Å². The quantitative estimate of drug-likeness (QED) is 0.302. The minimum absolute atomic E-state index is 0.286. The molecule has 2 aliphatic rings. The lowest BCUT2D eigenvalue weighted by Crippen LogP contribution is -2.30. The van der Waals surface area contributed by atoms with Gasteiger partial charge in [0.25, 0.3) is 0 Å². The number of nitrogens with zero attached hydrogens (tertiary/aromatic N) is 2. The van der Waals surface area contributed by atoms with Gasteiger partial charge in [-0.25, -0.2) is 0 Å². The van der Waals surface area contributed by atoms with E-state index in [1.54, 1.807) is 24.4 Å². The first-order valence-electron chi connectivity index (χ1n) is 9.18. The van der Waals surface area contributed by atoms with Gasteiger partial charge in [0.15, 0.2) is 0 Å². The number of allylic oxidation sites excluding steroid dienone is 4. The van der Waals surface area contributed by atoms with Crippen molar-refractivity contribution in [3.8, 4) is 0 Å². The maximum atomic E-state index is 11.2. The molecule has 0 heterocycles. The normalized spacial score (nSPS) is 26.7. The standard InChI is InChI=1S/C21H19Cl4N3O2/c22-15-5-13(20(28-30)17(24)7-15)11-27-19-4-2-1-3-12(19)9-26-10-14-6-16(23)8-18(25)21(14)29/h1-8,11,13,18,20-21,26,29H,9-10H2. The summed E-state index contributed by atoms with van der Waals surface area (Å²) in [4.78, 5) is 15.7. The fourth-order valence-electron chi connectivity index (χ4n) is 3.18. The zero-order chi connectivity index (χ0) is 21.7. The molecule has 0 saturated heterocycles. The first kappa shape index (κ1) is 23.2. The molecule has 5 nitrogen and oxygen atoms in total. The van der Waals surface area contributed by atoms with Gasteiger partial charge in [0.1, 0.15) is 6.04 Å². The molecule has 0 aromatic heterocycles. The molecule has 0 radical (unpaired) electrons. The topological polar surface area (TPSA) is 74.0 Å². The lowest BCUT2D eigenvalue weighted by molar-refractivity contribution is 0.212. The third-order valence-corrected chi connectivity index (χ3v) is 5.90. The summed E-state index contributed by atoms with van der Waals surface area (Å²) < 4.78 is 0. The van der Waals surface area contributed by atoms with Crippen LogP contribution in [0.15, 0.2) is 79.4 Å². The number of nitroso groups, excluding NO2 is 1. The second kappa shape index (κ2) is 10.7. The van der Waals surface area contributed by atoms with Gasteiger partial charge in [0.2, 0.25) is 0 Å². The Morgan fingerprint density at radius 1 is 1.07 bits per heavy atom. The summed E-state index contributed by atoms with van der Waals surface area (Å²) in [6.45, 7) is 0.925. The third kappa shape index (κ3) is 5.82. The highest BCUT2D eigenvalue weighted by atomic mass is 35.5. The molecule has 1 aromatic rings. The van der Waals surface area contributed by atoms with Gasteiger partial charge in [0, 0.05) is 40.3 Å². The summed E-state index contributed by atoms with van der Waals surface area (Å²) in [5.41, 5.74) is 2.38. The number of nitrogens with one attached hydrogen (secondary N) is 1. The van der Waals surface area contributed by atoms with Crippen molar-refractivity contribution in [2.24, 2.45) is 16.1 Å². The van der Waals surface area contributed by atoms with Gasteiger partial charge in [-0.15, -0.1) is 11.6 Å². The lowest BCUT2D eigenvalue weighted by Gasteiger charge is -2.22. The van der Waals surface area contributed by atoms with Crippen molar-refractivity contribution in [2.75, 3.05) is 6.54 Å². The summed E-state index contributed by atoms with van der Waals surface area (Å²) in [5.74, 6) is -0.425. The summed E-state index contributed by atoms with van der Waals surface area (Å²) in [7, 11) is 0. The Balaban J connectivity index is 1.68. The highest BCUT2D eigenvalue weighted by Gasteiger charge is 2.26. The van der Waals surface area contributed by atoms with Crippen molar-refractivity contribution < 1.29 is 5.11 Å². The molecule has 158 valence electrons. The van der Waals surface area contributed by atoms with Gasteiger partial charge in [-0.2, -0.15) is 4.91 Å². The Hall–Kier alpha value is -1.47. The van der Waals surface area contributed by atoms with Crippen molar-refractivity contribution in [2.45, 2.75) is 24.1 Å². The van der Waals surface area contributed by atoms with Crippen LogP contribution < -0.4 is 5.32 Å². The molecule has 0 amide bonds. The molecule has 4 unspecified atom stereocenters. The first-order chi connectivity index (χ1) is 14.4. The van der Waals surface area contributed by atoms with E-state index in [4.69, 9.17) is 46.4 Å². The Bertz CT molecular complexity index is 955. The number of halogens is 4. The number of aliphatic imine (C=N–C) groups is 1. The van der Waals surface area contributed by atoms with Crippen LogP contribution in [0.2, 0.25) is 0 Å². The Kier molecular flexibility index (Phi) is 8.28. The molecule has 2 N–H and O–H groups in total. The van der Waals surface area contributed by atoms with Crippen molar-refractivity contribution in [1.29, 1.82) is 0 Å². The predicted molar refractivity (Wildman–Crippen MR) is 125 cm³/mol. The molecule has 0 spiro atoms. The van der Waals surface area contributed by atoms with E-state index in [-0.39, 0.29) is 5.03 Å². The van der Waals surface area contributed by atoms with E-state index in [9.17, 15) is 10.0 Å². The average Bonchev–Trinajstić information content (AvgIpc) is 2.70. The fourth-order valence-corrected chi connectivity index (χ4v) is 4.44. The van der Waals surface area contributed by atoms with Crippen LogP contribution in [0.3, 0.4) is 0 Å². The molecule has 0 fully saturated rings. The number of alkyl halides is 1. The SMILES string of the molecule is O=NC1C(Cl)=CC(Cl)=CC1C=Nc1ccccc1CNCC1=CC(Cl)=CC(Cl)C1O. The number of aliphatic hydroxyl groups is 1. The van der Waals surface area contributed by atoms with E-state index >= 15 is 0 Å². The molecule has 9 heteroatoms. The van der Waals surface area contributed by atoms with E-state index in [2.05, 4.69) is 15.5 Å². The van der Waals surface area contributed by atoms with Crippen LogP contribution in [0.25, 0.3) is 0 Å². The molecular weight excluding hydrogens is 468 g/mol. The molecular formula is C21H19Cl4N3O2. The molecule has 2 aliphatic carbocycles. The van der Waals surface area contributed by atoms with Crippen LogP contribution in [0.4, 0.5) is 5.69 Å². The fraction of sp³-hybridized carbons (Fsp3) is 0.286. The van der Waals surface area contributed by atoms with Crippen molar-refractivity contribution in [1.82, 2.24) is 5.32 Å². The summed E-state index contributed by atoms with van der Waals surface area (Å²) in [6.07, 6.45) is 7.36. The molecule has 0 saturated carbocycles. The van der Waals surface area contributed by atoms with Crippen LogP contribution in [-0.4, -0.2) is 35.4 Å². The summed E-state index contributed by atoms with van der Waals surface area (Å²) in [5, 5.41) is 17.2. The minimum atomic E-state index is -0.789. The van der Waals surface area contributed by atoms with Gasteiger partial charge < -0.3 is 10.4 Å². The van der Waals surface area contributed by atoms with E-state index in [0.717, 1.165) is 11.3 Å². The van der Waals surface area contributed by atoms with E-state index in [0.29, 0.717) is 28.7 Å². The van der Waals surface area contributed by atoms with Crippen molar-refractivity contribution >= 4 is 58.3 Å². The number of benzene rings is 1. The number of hydrogen-bond donors (Lipinski definition) is 2. The third-order valence-electron chi connectivity index (χ3n) is 4.73. The minimum Gasteiger partial charge on any atom is -0.387 e. The van der Waals surface area contributed by atoms with Crippen LogP contribution in [0.5, 0.6) is 0 Å². The Labute approximate surface area is 194 Å². The number of rotatable bonds is 7. The van der Waals surface area contributed by atoms with Crippen LogP contribution >= 0.6 is 46.4 Å². The zero-order valence-electron chi connectivity index (χ0n) is 15.7. The van der Waals surface area contributed by atoms with Gasteiger partial charge >= 0.3 is 0 Å². The highest BCUT2D eigenvalue weighted by molar-refractivity contribution is 6.35. The number of aliphatic hydroxyl groups excluding tert-OH is 1. The molecule has 1 aromatic carbocycles. The van der Waals surface area contributed by atoms with E-state index in [1.165, 1.54) is 6.08 Å². The van der Waals surface area contributed by atoms with Gasteiger partial charge in [-0.1, -0.05) is 64.3 Å². The highest BCUT2D eigenvalue weighted by Crippen LogP contribution is 2.30. The largest absolute Gasteiger partial charge is 0.387 e. The maximum Gasteiger partial charge on any atom is 0.139 e. The van der Waals surface area contributed by atoms with Crippen LogP contribution in [0.1, 0.15) is 5.56 Å². The summed E-state index contributed by atoms with van der Waals surface area (Å²) in [6, 6.07) is 6.84. The molecule has 0 aliphatic heterocycles. The smallest absolute Gasteiger partial charge is 0.139 e. The number of para-hydroxylation sites is 1. The summed E-state index contributed by atoms with van der Waals surface area (Å²) >= 11 is 24.3. The van der Waals surface area contributed by atoms with Crippen LogP contribution in [-0.2, 0) is 6.54 Å². The maximum absolute atomic E-state index is 11.2. The monoisotopic (exact) mass is 485 g/mol. The second-order valence-corrected chi connectivity index (χ2v) is 8.69. The van der Waals surface area contributed by atoms with Gasteiger partial charge in [0.05, 0.1) is 17.2 Å². The molecule has 4 atom stereocenters. The van der Waals surface area contributed by atoms with Gasteiger partial charge in [-0.05, 0) is 35.4 Å². The van der Waals surface area contributed by atoms with Crippen LogP contribution in [0, 0.1) is 10.8 Å².